The molecule has 3 aromatic rings. The van der Waals surface area contributed by atoms with Crippen LogP contribution in [-0.4, -0.2) is 0 Å². The fourth-order valence-electron chi connectivity index (χ4n) is 4.98. The highest BCUT2D eigenvalue weighted by molar-refractivity contribution is 5.93. The predicted molar refractivity (Wildman–Crippen MR) is 154 cm³/mol. The van der Waals surface area contributed by atoms with E-state index in [0.717, 1.165) is 56.4 Å². The summed E-state index contributed by atoms with van der Waals surface area (Å²) in [6.45, 7) is 5.77. The number of rotatable bonds is 2. The Balaban J connectivity index is 1.41. The van der Waals surface area contributed by atoms with E-state index in [1.54, 1.807) is 6.92 Å². The Morgan fingerprint density at radius 3 is 2.21 bits per heavy atom. The SMILES string of the molecule is CC1=C/C(=C(\C)C#N)C=C(C=C2C=C(C)c3ccc(N4c5ccccc5C=Cc5ccccc54)cc3O2)O1. The molecule has 0 N–H and O–H groups in total. The van der Waals surface area contributed by atoms with Gasteiger partial charge in [0.05, 0.1) is 17.4 Å². The number of benzene rings is 3. The maximum Gasteiger partial charge on any atom is 0.137 e. The van der Waals surface area contributed by atoms with Crippen molar-refractivity contribution in [2.45, 2.75) is 20.8 Å². The molecule has 6 rings (SSSR count). The first-order valence-corrected chi connectivity index (χ1v) is 12.6. The van der Waals surface area contributed by atoms with Crippen molar-refractivity contribution >= 4 is 34.8 Å². The molecule has 0 bridgehead atoms. The molecule has 0 spiro atoms. The molecule has 0 radical (unpaired) electrons. The van der Waals surface area contributed by atoms with E-state index in [0.29, 0.717) is 17.1 Å². The zero-order valence-corrected chi connectivity index (χ0v) is 21.5. The molecule has 0 saturated heterocycles. The molecule has 0 saturated carbocycles. The average Bonchev–Trinajstić information content (AvgIpc) is 3.09. The lowest BCUT2D eigenvalue weighted by Crippen LogP contribution is -2.12. The maximum absolute atomic E-state index is 9.33. The number of hydrogen-bond donors (Lipinski definition) is 0. The summed E-state index contributed by atoms with van der Waals surface area (Å²) < 4.78 is 12.3. The van der Waals surface area contributed by atoms with E-state index in [-0.39, 0.29) is 0 Å². The van der Waals surface area contributed by atoms with Crippen LogP contribution in [0.5, 0.6) is 5.75 Å². The van der Waals surface area contributed by atoms with Gasteiger partial charge in [0.1, 0.15) is 23.0 Å². The molecule has 184 valence electrons. The molecule has 38 heavy (non-hydrogen) atoms. The molecule has 3 aromatic carbocycles. The standard InChI is InChI=1S/C34H26N2O2/c1-22-16-29(20-30-18-27(23(2)21-35)17-24(3)37-30)38-34-19-28(14-15-31(22)34)36-32-10-6-4-8-25(32)12-13-26-9-5-7-11-33(26)36/h4-20H,1-3H3/b27-23-,29-20?. The molecule has 4 heteroatoms. The lowest BCUT2D eigenvalue weighted by atomic mass is 10.0. The minimum atomic E-state index is 0.634. The number of allylic oxidation sites excluding steroid dienone is 8. The zero-order valence-electron chi connectivity index (χ0n) is 21.5. The molecule has 0 fully saturated rings. The Kier molecular flexibility index (Phi) is 5.82. The zero-order chi connectivity index (χ0) is 26.2. The lowest BCUT2D eigenvalue weighted by molar-refractivity contribution is 0.313. The third-order valence-corrected chi connectivity index (χ3v) is 6.85. The largest absolute Gasteiger partial charge is 0.462 e. The van der Waals surface area contributed by atoms with E-state index in [1.165, 1.54) is 0 Å². The van der Waals surface area contributed by atoms with Crippen LogP contribution in [0.2, 0.25) is 0 Å². The minimum Gasteiger partial charge on any atom is -0.462 e. The van der Waals surface area contributed by atoms with Crippen LogP contribution < -0.4 is 9.64 Å². The molecule has 0 aromatic heterocycles. The summed E-state index contributed by atoms with van der Waals surface area (Å²) in [5, 5.41) is 9.33. The van der Waals surface area contributed by atoms with Crippen LogP contribution in [0.4, 0.5) is 17.1 Å². The minimum absolute atomic E-state index is 0.634. The van der Waals surface area contributed by atoms with Crippen molar-refractivity contribution in [1.29, 1.82) is 5.26 Å². The van der Waals surface area contributed by atoms with Gasteiger partial charge in [-0.25, -0.2) is 0 Å². The van der Waals surface area contributed by atoms with Crippen molar-refractivity contribution in [3.05, 3.63) is 136 Å². The molecule has 4 nitrogen and oxygen atoms in total. The second-order valence-electron chi connectivity index (χ2n) is 9.54. The fourth-order valence-corrected chi connectivity index (χ4v) is 4.98. The summed E-state index contributed by atoms with van der Waals surface area (Å²) in [7, 11) is 0. The quantitative estimate of drug-likeness (QED) is 0.261. The van der Waals surface area contributed by atoms with E-state index < -0.39 is 0 Å². The van der Waals surface area contributed by atoms with Gasteiger partial charge in [-0.05, 0) is 85.5 Å². The molecule has 0 unspecified atom stereocenters. The highest BCUT2D eigenvalue weighted by Crippen LogP contribution is 2.45. The van der Waals surface area contributed by atoms with E-state index in [2.05, 4.69) is 96.8 Å². The van der Waals surface area contributed by atoms with Gasteiger partial charge in [-0.15, -0.1) is 0 Å². The van der Waals surface area contributed by atoms with Gasteiger partial charge >= 0.3 is 0 Å². The van der Waals surface area contributed by atoms with Gasteiger partial charge in [-0.2, -0.15) is 5.26 Å². The van der Waals surface area contributed by atoms with Crippen molar-refractivity contribution in [2.75, 3.05) is 4.90 Å². The Bertz CT molecular complexity index is 1660. The van der Waals surface area contributed by atoms with Crippen LogP contribution in [-0.2, 0) is 4.74 Å². The van der Waals surface area contributed by atoms with Crippen LogP contribution >= 0.6 is 0 Å². The van der Waals surface area contributed by atoms with Gasteiger partial charge in [0.15, 0.2) is 0 Å². The number of para-hydroxylation sites is 2. The van der Waals surface area contributed by atoms with Gasteiger partial charge in [0.2, 0.25) is 0 Å². The van der Waals surface area contributed by atoms with Gasteiger partial charge in [-0.1, -0.05) is 48.6 Å². The Labute approximate surface area is 223 Å². The van der Waals surface area contributed by atoms with E-state index in [1.807, 2.05) is 31.2 Å². The topological polar surface area (TPSA) is 45.5 Å². The second kappa shape index (κ2) is 9.46. The molecular formula is C34H26N2O2. The summed E-state index contributed by atoms with van der Waals surface area (Å²) in [6.07, 6.45) is 12.0. The van der Waals surface area contributed by atoms with Crippen molar-refractivity contribution < 1.29 is 9.47 Å². The highest BCUT2D eigenvalue weighted by atomic mass is 16.5. The molecule has 3 heterocycles. The van der Waals surface area contributed by atoms with Gasteiger partial charge in [0.25, 0.3) is 0 Å². The average molecular weight is 495 g/mol. The van der Waals surface area contributed by atoms with Crippen molar-refractivity contribution in [1.82, 2.24) is 0 Å². The highest BCUT2D eigenvalue weighted by Gasteiger charge is 2.23. The first-order valence-electron chi connectivity index (χ1n) is 12.6. The van der Waals surface area contributed by atoms with Crippen LogP contribution in [0.3, 0.4) is 0 Å². The first-order chi connectivity index (χ1) is 18.5. The smallest absolute Gasteiger partial charge is 0.137 e. The van der Waals surface area contributed by atoms with Crippen molar-refractivity contribution in [2.24, 2.45) is 0 Å². The molecular weight excluding hydrogens is 468 g/mol. The molecule has 0 amide bonds. The number of nitrogens with zero attached hydrogens (tertiary/aromatic N) is 2. The Hall–Kier alpha value is -5.01. The molecule has 3 aliphatic heterocycles. The summed E-state index contributed by atoms with van der Waals surface area (Å²) in [4.78, 5) is 2.29. The summed E-state index contributed by atoms with van der Waals surface area (Å²) in [5.74, 6) is 2.83. The third kappa shape index (κ3) is 4.25. The second-order valence-corrected chi connectivity index (χ2v) is 9.54. The van der Waals surface area contributed by atoms with Crippen molar-refractivity contribution in [3.63, 3.8) is 0 Å². The maximum atomic E-state index is 9.33. The Morgan fingerprint density at radius 2 is 1.53 bits per heavy atom. The summed E-state index contributed by atoms with van der Waals surface area (Å²) in [5.41, 5.74) is 9.19. The van der Waals surface area contributed by atoms with Gasteiger partial charge in [0, 0.05) is 29.0 Å². The summed E-state index contributed by atoms with van der Waals surface area (Å²) >= 11 is 0. The molecule has 0 atom stereocenters. The van der Waals surface area contributed by atoms with E-state index in [4.69, 9.17) is 9.47 Å². The lowest BCUT2D eigenvalue weighted by Gasteiger charge is -2.28. The van der Waals surface area contributed by atoms with Crippen LogP contribution in [0, 0.1) is 11.3 Å². The van der Waals surface area contributed by atoms with Crippen molar-refractivity contribution in [3.8, 4) is 11.8 Å². The fraction of sp³-hybridized carbons (Fsp3) is 0.0882. The van der Waals surface area contributed by atoms with Crippen LogP contribution in [0.25, 0.3) is 17.7 Å². The number of fused-ring (bicyclic) bond motifs is 3. The van der Waals surface area contributed by atoms with E-state index in [9.17, 15) is 5.26 Å². The first kappa shape index (κ1) is 23.4. The number of anilines is 3. The van der Waals surface area contributed by atoms with Gasteiger partial charge in [-0.3, -0.25) is 0 Å². The normalized spacial score (nSPS) is 17.9. The van der Waals surface area contributed by atoms with E-state index >= 15 is 0 Å². The van der Waals surface area contributed by atoms with Crippen LogP contribution in [0.1, 0.15) is 37.5 Å². The molecule has 3 aliphatic rings. The predicted octanol–water partition coefficient (Wildman–Crippen LogP) is 8.98. The van der Waals surface area contributed by atoms with Crippen LogP contribution in [0.15, 0.2) is 119 Å². The summed E-state index contributed by atoms with van der Waals surface area (Å²) in [6, 6.07) is 25.4. The number of ether oxygens (including phenoxy) is 2. The Morgan fingerprint density at radius 1 is 0.842 bits per heavy atom. The van der Waals surface area contributed by atoms with Gasteiger partial charge < -0.3 is 14.4 Å². The number of hydrogen-bond acceptors (Lipinski definition) is 4. The monoisotopic (exact) mass is 494 g/mol. The molecule has 0 aliphatic carbocycles. The third-order valence-electron chi connectivity index (χ3n) is 6.85. The number of nitriles is 1.